The van der Waals surface area contributed by atoms with Crippen molar-refractivity contribution in [3.05, 3.63) is 0 Å². The summed E-state index contributed by atoms with van der Waals surface area (Å²) in [4.78, 5) is 10.8. The summed E-state index contributed by atoms with van der Waals surface area (Å²) in [5.41, 5.74) is 0. The third-order valence-electron chi connectivity index (χ3n) is 2.01. The number of carbonyl (C=O) groups excluding carboxylic acids is 1. The summed E-state index contributed by atoms with van der Waals surface area (Å²) in [5.74, 6) is -0.343. The highest BCUT2D eigenvalue weighted by atomic mass is 32.2. The highest BCUT2D eigenvalue weighted by Crippen LogP contribution is 2.19. The number of aromatic nitrogens is 2. The van der Waals surface area contributed by atoms with Crippen molar-refractivity contribution < 1.29 is 18.3 Å². The smallest absolute Gasteiger partial charge is 0.269 e. The predicted octanol–water partition coefficient (Wildman–Crippen LogP) is -0.0642. The predicted molar refractivity (Wildman–Crippen MR) is 70.3 cm³/mol. The maximum atomic E-state index is 11.8. The number of aliphatic hydroxyl groups is 1. The second-order valence-corrected chi connectivity index (χ2v) is 6.86. The number of hydrogen-bond acceptors (Lipinski definition) is 7. The van der Waals surface area contributed by atoms with E-state index in [0.717, 1.165) is 11.3 Å². The maximum absolute atomic E-state index is 11.8. The molecule has 1 aromatic rings. The minimum atomic E-state index is -3.71. The molecule has 8 nitrogen and oxygen atoms in total. The lowest BCUT2D eigenvalue weighted by atomic mass is 10.2. The van der Waals surface area contributed by atoms with Gasteiger partial charge in [-0.2, -0.15) is 0 Å². The highest BCUT2D eigenvalue weighted by Gasteiger charge is 2.19. The van der Waals surface area contributed by atoms with Crippen molar-refractivity contribution in [2.45, 2.75) is 37.1 Å². The molecule has 0 aliphatic rings. The van der Waals surface area contributed by atoms with Gasteiger partial charge in [0.25, 0.3) is 10.0 Å². The molecule has 1 rings (SSSR count). The van der Waals surface area contributed by atoms with E-state index in [-0.39, 0.29) is 21.9 Å². The third kappa shape index (κ3) is 5.59. The van der Waals surface area contributed by atoms with Crippen LogP contribution in [0, 0.1) is 0 Å². The third-order valence-corrected chi connectivity index (χ3v) is 4.68. The zero-order chi connectivity index (χ0) is 14.5. The second-order valence-electron chi connectivity index (χ2n) is 3.94. The average Bonchev–Trinajstić information content (AvgIpc) is 2.72. The molecule has 19 heavy (non-hydrogen) atoms. The van der Waals surface area contributed by atoms with Gasteiger partial charge in [0.1, 0.15) is 0 Å². The lowest BCUT2D eigenvalue weighted by Crippen LogP contribution is -2.25. The SMILES string of the molecule is CC(=O)Nc1nnc(S(=O)(=O)NCCCC(C)O)s1. The van der Waals surface area contributed by atoms with Crippen molar-refractivity contribution in [1.82, 2.24) is 14.9 Å². The van der Waals surface area contributed by atoms with Crippen LogP contribution in [0.25, 0.3) is 0 Å². The molecule has 108 valence electrons. The largest absolute Gasteiger partial charge is 0.393 e. The van der Waals surface area contributed by atoms with Crippen LogP contribution in [0.3, 0.4) is 0 Å². The number of anilines is 1. The van der Waals surface area contributed by atoms with Gasteiger partial charge >= 0.3 is 0 Å². The van der Waals surface area contributed by atoms with Gasteiger partial charge in [-0.25, -0.2) is 13.1 Å². The van der Waals surface area contributed by atoms with Gasteiger partial charge in [-0.3, -0.25) is 4.79 Å². The lowest BCUT2D eigenvalue weighted by molar-refractivity contribution is -0.114. The van der Waals surface area contributed by atoms with Gasteiger partial charge in [-0.1, -0.05) is 11.3 Å². The molecule has 3 N–H and O–H groups in total. The van der Waals surface area contributed by atoms with Crippen molar-refractivity contribution in [3.8, 4) is 0 Å². The first-order valence-corrected chi connectivity index (χ1v) is 7.90. The Labute approximate surface area is 115 Å². The molecule has 0 spiro atoms. The first-order chi connectivity index (χ1) is 8.81. The van der Waals surface area contributed by atoms with E-state index in [1.54, 1.807) is 6.92 Å². The van der Waals surface area contributed by atoms with Gasteiger partial charge in [-0.15, -0.1) is 10.2 Å². The van der Waals surface area contributed by atoms with E-state index in [2.05, 4.69) is 20.2 Å². The van der Waals surface area contributed by atoms with Crippen molar-refractivity contribution in [1.29, 1.82) is 0 Å². The fraction of sp³-hybridized carbons (Fsp3) is 0.667. The van der Waals surface area contributed by atoms with Gasteiger partial charge in [0, 0.05) is 13.5 Å². The summed E-state index contributed by atoms with van der Waals surface area (Å²) >= 11 is 0.778. The number of amides is 1. The zero-order valence-electron chi connectivity index (χ0n) is 10.6. The summed E-state index contributed by atoms with van der Waals surface area (Å²) in [6.07, 6.45) is 0.571. The molecular weight excluding hydrogens is 292 g/mol. The molecule has 1 unspecified atom stereocenters. The van der Waals surface area contributed by atoms with Crippen molar-refractivity contribution in [3.63, 3.8) is 0 Å². The van der Waals surface area contributed by atoms with Gasteiger partial charge in [0.05, 0.1) is 6.10 Å². The zero-order valence-corrected chi connectivity index (χ0v) is 12.2. The van der Waals surface area contributed by atoms with E-state index in [9.17, 15) is 13.2 Å². The number of carbonyl (C=O) groups is 1. The Morgan fingerprint density at radius 3 is 2.74 bits per heavy atom. The normalized spacial score (nSPS) is 13.2. The van der Waals surface area contributed by atoms with E-state index in [0.29, 0.717) is 12.8 Å². The molecule has 0 saturated heterocycles. The molecule has 0 saturated carbocycles. The Bertz CT molecular complexity index is 526. The van der Waals surface area contributed by atoms with Gasteiger partial charge in [-0.05, 0) is 19.8 Å². The molecule has 0 aromatic carbocycles. The Kier molecular flexibility index (Phi) is 5.79. The van der Waals surface area contributed by atoms with Crippen LogP contribution in [0.1, 0.15) is 26.7 Å². The van der Waals surface area contributed by atoms with Crippen molar-refractivity contribution >= 4 is 32.4 Å². The van der Waals surface area contributed by atoms with E-state index in [1.807, 2.05) is 0 Å². The van der Waals surface area contributed by atoms with E-state index in [4.69, 9.17) is 5.11 Å². The number of sulfonamides is 1. The number of nitrogens with one attached hydrogen (secondary N) is 2. The minimum Gasteiger partial charge on any atom is -0.393 e. The number of hydrogen-bond donors (Lipinski definition) is 3. The number of nitrogens with zero attached hydrogens (tertiary/aromatic N) is 2. The van der Waals surface area contributed by atoms with Gasteiger partial charge in [0.2, 0.25) is 15.4 Å². The van der Waals surface area contributed by atoms with Crippen LogP contribution in [0.2, 0.25) is 0 Å². The molecule has 0 aliphatic carbocycles. The second kappa shape index (κ2) is 6.89. The van der Waals surface area contributed by atoms with Crippen LogP contribution in [0.5, 0.6) is 0 Å². The summed E-state index contributed by atoms with van der Waals surface area (Å²) < 4.78 is 25.7. The molecule has 0 bridgehead atoms. The monoisotopic (exact) mass is 308 g/mol. The molecule has 0 fully saturated rings. The fourth-order valence-corrected chi connectivity index (χ4v) is 3.25. The van der Waals surface area contributed by atoms with Crippen LogP contribution >= 0.6 is 11.3 Å². The van der Waals surface area contributed by atoms with E-state index in [1.165, 1.54) is 6.92 Å². The summed E-state index contributed by atoms with van der Waals surface area (Å²) in [7, 11) is -3.71. The highest BCUT2D eigenvalue weighted by molar-refractivity contribution is 7.91. The summed E-state index contributed by atoms with van der Waals surface area (Å²) in [6.45, 7) is 3.14. The van der Waals surface area contributed by atoms with Crippen LogP contribution in [-0.4, -0.2) is 42.3 Å². The van der Waals surface area contributed by atoms with Crippen LogP contribution < -0.4 is 10.0 Å². The molecular formula is C9H16N4O4S2. The summed E-state index contributed by atoms with van der Waals surface area (Å²) in [5, 5.41) is 18.6. The Balaban J connectivity index is 2.57. The molecule has 0 radical (unpaired) electrons. The van der Waals surface area contributed by atoms with Crippen LogP contribution in [-0.2, 0) is 14.8 Å². The maximum Gasteiger partial charge on any atom is 0.269 e. The topological polar surface area (TPSA) is 121 Å². The summed E-state index contributed by atoms with van der Waals surface area (Å²) in [6, 6.07) is 0. The average molecular weight is 308 g/mol. The molecule has 1 heterocycles. The van der Waals surface area contributed by atoms with Gasteiger partial charge < -0.3 is 10.4 Å². The molecule has 1 aromatic heterocycles. The molecule has 1 amide bonds. The molecule has 0 aliphatic heterocycles. The van der Waals surface area contributed by atoms with Crippen LogP contribution in [0.15, 0.2) is 4.34 Å². The number of rotatable bonds is 7. The minimum absolute atomic E-state index is 0.136. The van der Waals surface area contributed by atoms with Crippen LogP contribution in [0.4, 0.5) is 5.13 Å². The Hall–Kier alpha value is -1.10. The fourth-order valence-electron chi connectivity index (χ4n) is 1.19. The van der Waals surface area contributed by atoms with Crippen molar-refractivity contribution in [2.75, 3.05) is 11.9 Å². The van der Waals surface area contributed by atoms with E-state index >= 15 is 0 Å². The lowest BCUT2D eigenvalue weighted by Gasteiger charge is -2.04. The number of aliphatic hydroxyl groups excluding tert-OH is 1. The van der Waals surface area contributed by atoms with Crippen molar-refractivity contribution in [2.24, 2.45) is 0 Å². The first-order valence-electron chi connectivity index (χ1n) is 5.60. The van der Waals surface area contributed by atoms with E-state index < -0.39 is 16.1 Å². The Morgan fingerprint density at radius 1 is 1.47 bits per heavy atom. The molecule has 1 atom stereocenters. The molecule has 10 heteroatoms. The standard InChI is InChI=1S/C9H16N4O4S2/c1-6(14)4-3-5-10-19(16,17)9-13-12-8(18-9)11-7(2)15/h6,10,14H,3-5H2,1-2H3,(H,11,12,15). The van der Waals surface area contributed by atoms with Gasteiger partial charge in [0.15, 0.2) is 0 Å². The first kappa shape index (κ1) is 16.0. The Morgan fingerprint density at radius 2 is 2.16 bits per heavy atom. The quantitative estimate of drug-likeness (QED) is 0.479.